The molecule has 2 aromatic rings. The zero-order valence-electron chi connectivity index (χ0n) is 14.0. The molecule has 0 aromatic heterocycles. The molecule has 1 heterocycles. The summed E-state index contributed by atoms with van der Waals surface area (Å²) < 4.78 is 19.0. The molecule has 0 unspecified atom stereocenters. The lowest BCUT2D eigenvalue weighted by molar-refractivity contribution is -0.138. The summed E-state index contributed by atoms with van der Waals surface area (Å²) in [5.41, 5.74) is 0.893. The van der Waals surface area contributed by atoms with Crippen molar-refractivity contribution in [2.75, 3.05) is 6.61 Å². The van der Waals surface area contributed by atoms with E-state index < -0.39 is 11.8 Å². The summed E-state index contributed by atoms with van der Waals surface area (Å²) in [6.45, 7) is 1.83. The van der Waals surface area contributed by atoms with Crippen LogP contribution < -0.4 is 0 Å². The molecule has 1 N–H and O–H groups in total. The second-order valence-corrected chi connectivity index (χ2v) is 6.36. The first kappa shape index (κ1) is 17.9. The third kappa shape index (κ3) is 3.86. The summed E-state index contributed by atoms with van der Waals surface area (Å²) in [5, 5.41) is 10.7. The molecule has 1 aliphatic heterocycles. The van der Waals surface area contributed by atoms with Gasteiger partial charge in [0.05, 0.1) is 11.5 Å². The molecule has 0 saturated carbocycles. The minimum Gasteiger partial charge on any atom is -0.506 e. The van der Waals surface area contributed by atoms with E-state index in [0.717, 1.165) is 17.3 Å². The smallest absolute Gasteiger partial charge is 0.344 e. The van der Waals surface area contributed by atoms with Crippen molar-refractivity contribution in [3.05, 3.63) is 82.2 Å². The van der Waals surface area contributed by atoms with E-state index in [1.165, 1.54) is 12.1 Å². The predicted molar refractivity (Wildman–Crippen MR) is 102 cm³/mol. The number of ether oxygens (including phenoxy) is 1. The number of carbonyl (C=O) groups excluding carboxylic acids is 1. The second kappa shape index (κ2) is 8.01. The molecule has 0 amide bonds. The van der Waals surface area contributed by atoms with Crippen LogP contribution in [0.5, 0.6) is 0 Å². The van der Waals surface area contributed by atoms with E-state index in [2.05, 4.69) is 4.99 Å². The SMILES string of the molecule is CCOC(=O)C1=C(O)/C(=C\c2ccccc2)SC1=Nc1ccccc1F. The number of halogens is 1. The molecule has 132 valence electrons. The van der Waals surface area contributed by atoms with Crippen LogP contribution >= 0.6 is 11.8 Å². The summed E-state index contributed by atoms with van der Waals surface area (Å²) in [7, 11) is 0. The van der Waals surface area contributed by atoms with Crippen LogP contribution in [-0.2, 0) is 9.53 Å². The van der Waals surface area contributed by atoms with E-state index in [0.29, 0.717) is 4.91 Å². The van der Waals surface area contributed by atoms with E-state index >= 15 is 0 Å². The Morgan fingerprint density at radius 2 is 1.88 bits per heavy atom. The number of benzene rings is 2. The maximum atomic E-state index is 13.9. The van der Waals surface area contributed by atoms with Crippen molar-refractivity contribution in [1.29, 1.82) is 0 Å². The quantitative estimate of drug-likeness (QED) is 0.769. The number of nitrogens with zero attached hydrogens (tertiary/aromatic N) is 1. The number of aliphatic hydroxyl groups excluding tert-OH is 1. The van der Waals surface area contributed by atoms with Crippen molar-refractivity contribution in [2.45, 2.75) is 6.92 Å². The van der Waals surface area contributed by atoms with Gasteiger partial charge in [-0.25, -0.2) is 14.2 Å². The van der Waals surface area contributed by atoms with Crippen LogP contribution in [0.15, 0.2) is 75.8 Å². The van der Waals surface area contributed by atoms with Gasteiger partial charge in [0.15, 0.2) is 0 Å². The van der Waals surface area contributed by atoms with Gasteiger partial charge in [0.25, 0.3) is 0 Å². The van der Waals surface area contributed by atoms with Crippen molar-refractivity contribution < 1.29 is 19.0 Å². The van der Waals surface area contributed by atoms with Gasteiger partial charge in [0, 0.05) is 0 Å². The monoisotopic (exact) mass is 369 g/mol. The summed E-state index contributed by atoms with van der Waals surface area (Å²) in [6.07, 6.45) is 1.74. The van der Waals surface area contributed by atoms with Crippen LogP contribution in [0.4, 0.5) is 10.1 Å². The molecule has 0 aliphatic carbocycles. The van der Waals surface area contributed by atoms with Crippen LogP contribution in [0.3, 0.4) is 0 Å². The Kier molecular flexibility index (Phi) is 5.53. The van der Waals surface area contributed by atoms with Gasteiger partial charge >= 0.3 is 5.97 Å². The fraction of sp³-hybridized carbons (Fsp3) is 0.100. The molecule has 2 aromatic carbocycles. The average Bonchev–Trinajstić information content (AvgIpc) is 2.93. The number of carbonyl (C=O) groups is 1. The van der Waals surface area contributed by atoms with Crippen molar-refractivity contribution in [3.8, 4) is 0 Å². The van der Waals surface area contributed by atoms with Crippen molar-refractivity contribution in [2.24, 2.45) is 4.99 Å². The molecule has 26 heavy (non-hydrogen) atoms. The highest BCUT2D eigenvalue weighted by Gasteiger charge is 2.33. The first-order valence-corrected chi connectivity index (χ1v) is 8.80. The summed E-state index contributed by atoms with van der Waals surface area (Å²) >= 11 is 1.10. The fourth-order valence-corrected chi connectivity index (χ4v) is 3.37. The average molecular weight is 369 g/mol. The number of aliphatic imine (C=N–C) groups is 1. The van der Waals surface area contributed by atoms with Gasteiger partial charge in [-0.2, -0.15) is 0 Å². The fourth-order valence-electron chi connectivity index (χ4n) is 2.34. The van der Waals surface area contributed by atoms with Crippen LogP contribution in [0.1, 0.15) is 12.5 Å². The lowest BCUT2D eigenvalue weighted by atomic mass is 10.1. The van der Waals surface area contributed by atoms with Gasteiger partial charge in [0.2, 0.25) is 0 Å². The number of aliphatic hydroxyl groups is 1. The molecule has 0 fully saturated rings. The Morgan fingerprint density at radius 3 is 2.58 bits per heavy atom. The number of hydrogen-bond acceptors (Lipinski definition) is 5. The first-order chi connectivity index (χ1) is 12.6. The van der Waals surface area contributed by atoms with Crippen molar-refractivity contribution in [1.82, 2.24) is 0 Å². The van der Waals surface area contributed by atoms with E-state index in [-0.39, 0.29) is 28.7 Å². The first-order valence-electron chi connectivity index (χ1n) is 7.99. The molecule has 6 heteroatoms. The number of thioether (sulfide) groups is 1. The third-order valence-electron chi connectivity index (χ3n) is 3.54. The number of rotatable bonds is 4. The maximum absolute atomic E-state index is 13.9. The Morgan fingerprint density at radius 1 is 1.19 bits per heavy atom. The molecule has 0 spiro atoms. The zero-order chi connectivity index (χ0) is 18.5. The van der Waals surface area contributed by atoms with E-state index in [9.17, 15) is 14.3 Å². The van der Waals surface area contributed by atoms with E-state index in [4.69, 9.17) is 4.74 Å². The highest BCUT2D eigenvalue weighted by molar-refractivity contribution is 8.18. The normalized spacial score (nSPS) is 17.2. The van der Waals surface area contributed by atoms with Crippen LogP contribution in [0.2, 0.25) is 0 Å². The lowest BCUT2D eigenvalue weighted by Crippen LogP contribution is -2.12. The minimum atomic E-state index is -0.691. The van der Waals surface area contributed by atoms with Gasteiger partial charge in [-0.3, -0.25) is 0 Å². The number of para-hydroxylation sites is 1. The summed E-state index contributed by atoms with van der Waals surface area (Å²) in [5.74, 6) is -1.42. The van der Waals surface area contributed by atoms with Crippen molar-refractivity contribution >= 4 is 34.5 Å². The standard InChI is InChI=1S/C20H16FNO3S/c1-2-25-20(24)17-18(23)16(12-13-8-4-3-5-9-13)26-19(17)22-15-11-7-6-10-14(15)21/h3-12,23H,2H2,1H3/b16-12+,22-19?. The van der Waals surface area contributed by atoms with Gasteiger partial charge in [0.1, 0.15) is 27.9 Å². The highest BCUT2D eigenvalue weighted by Crippen LogP contribution is 2.40. The molecule has 0 atom stereocenters. The van der Waals surface area contributed by atoms with Crippen LogP contribution in [-0.4, -0.2) is 22.7 Å². The van der Waals surface area contributed by atoms with Crippen LogP contribution in [0, 0.1) is 5.82 Å². The van der Waals surface area contributed by atoms with Crippen LogP contribution in [0.25, 0.3) is 6.08 Å². The van der Waals surface area contributed by atoms with Crippen molar-refractivity contribution in [3.63, 3.8) is 0 Å². The molecule has 3 rings (SSSR count). The van der Waals surface area contributed by atoms with E-state index in [1.807, 2.05) is 30.3 Å². The lowest BCUT2D eigenvalue weighted by Gasteiger charge is -2.04. The molecular formula is C20H16FNO3S. The largest absolute Gasteiger partial charge is 0.506 e. The Balaban J connectivity index is 2.06. The topological polar surface area (TPSA) is 58.9 Å². The summed E-state index contributed by atoms with van der Waals surface area (Å²) in [4.78, 5) is 17.0. The molecule has 0 radical (unpaired) electrons. The molecule has 0 bridgehead atoms. The van der Waals surface area contributed by atoms with Gasteiger partial charge in [-0.05, 0) is 30.7 Å². The molecule has 0 saturated heterocycles. The Labute approximate surface area is 154 Å². The predicted octanol–water partition coefficient (Wildman–Crippen LogP) is 5.02. The van der Waals surface area contributed by atoms with Gasteiger partial charge in [-0.15, -0.1) is 0 Å². The summed E-state index contributed by atoms with van der Waals surface area (Å²) in [6, 6.07) is 15.4. The third-order valence-corrected chi connectivity index (χ3v) is 4.56. The second-order valence-electron chi connectivity index (χ2n) is 5.33. The van der Waals surface area contributed by atoms with E-state index in [1.54, 1.807) is 25.1 Å². The number of esters is 1. The minimum absolute atomic E-state index is 0.0534. The number of hydrogen-bond donors (Lipinski definition) is 1. The Bertz CT molecular complexity index is 920. The highest BCUT2D eigenvalue weighted by atomic mass is 32.2. The van der Waals surface area contributed by atoms with Gasteiger partial charge < -0.3 is 9.84 Å². The van der Waals surface area contributed by atoms with Gasteiger partial charge in [-0.1, -0.05) is 54.2 Å². The molecule has 1 aliphatic rings. The molecular weight excluding hydrogens is 353 g/mol. The molecule has 4 nitrogen and oxygen atoms in total. The Hall–Kier alpha value is -2.86. The maximum Gasteiger partial charge on any atom is 0.344 e. The zero-order valence-corrected chi connectivity index (χ0v) is 14.8.